The van der Waals surface area contributed by atoms with Crippen molar-refractivity contribution in [1.82, 2.24) is 5.32 Å². The summed E-state index contributed by atoms with van der Waals surface area (Å²) in [6.07, 6.45) is 2.44. The van der Waals surface area contributed by atoms with E-state index in [9.17, 15) is 14.9 Å². The van der Waals surface area contributed by atoms with E-state index in [2.05, 4.69) is 29.3 Å². The Morgan fingerprint density at radius 2 is 1.82 bits per heavy atom. The highest BCUT2D eigenvalue weighted by molar-refractivity contribution is 5.95. The molecule has 1 aliphatic heterocycles. The van der Waals surface area contributed by atoms with Crippen molar-refractivity contribution in [2.24, 2.45) is 5.92 Å². The minimum Gasteiger partial charge on any atom is -0.372 e. The van der Waals surface area contributed by atoms with Crippen LogP contribution in [-0.2, 0) is 0 Å². The van der Waals surface area contributed by atoms with Crippen molar-refractivity contribution in [2.75, 3.05) is 18.0 Å². The highest BCUT2D eigenvalue weighted by atomic mass is 16.6. The van der Waals surface area contributed by atoms with Gasteiger partial charge in [0, 0.05) is 36.0 Å². The van der Waals surface area contributed by atoms with Gasteiger partial charge >= 0.3 is 0 Å². The summed E-state index contributed by atoms with van der Waals surface area (Å²) in [6.45, 7) is 8.04. The van der Waals surface area contributed by atoms with Crippen LogP contribution in [-0.4, -0.2) is 23.9 Å². The molecule has 1 N–H and O–H groups in total. The maximum atomic E-state index is 12.5. The van der Waals surface area contributed by atoms with Gasteiger partial charge in [0.25, 0.3) is 11.6 Å². The number of rotatable bonds is 5. The third-order valence-electron chi connectivity index (χ3n) is 5.56. The number of piperidine rings is 1. The van der Waals surface area contributed by atoms with Gasteiger partial charge in [-0.25, -0.2) is 0 Å². The smallest absolute Gasteiger partial charge is 0.273 e. The topological polar surface area (TPSA) is 75.5 Å². The molecule has 1 atom stereocenters. The van der Waals surface area contributed by atoms with Gasteiger partial charge in [-0.3, -0.25) is 14.9 Å². The highest BCUT2D eigenvalue weighted by Gasteiger charge is 2.18. The summed E-state index contributed by atoms with van der Waals surface area (Å²) in [7, 11) is 0. The number of carbonyl (C=O) groups excluding carboxylic acids is 1. The summed E-state index contributed by atoms with van der Waals surface area (Å²) < 4.78 is 0. The van der Waals surface area contributed by atoms with Crippen molar-refractivity contribution < 1.29 is 9.72 Å². The van der Waals surface area contributed by atoms with Gasteiger partial charge in [0.1, 0.15) is 0 Å². The second-order valence-electron chi connectivity index (χ2n) is 7.71. The first kappa shape index (κ1) is 19.9. The summed E-state index contributed by atoms with van der Waals surface area (Å²) in [5.74, 6) is 0.480. The molecule has 1 heterocycles. The standard InChI is InChI=1S/C22H27N3O3/c1-15-10-12-24(13-11-15)20-8-6-18(7-9-20)17(3)23-22(26)19-5-4-16(2)21(14-19)25(27)28/h4-9,14-15,17H,10-13H2,1-3H3,(H,23,26). The second-order valence-corrected chi connectivity index (χ2v) is 7.71. The molecule has 28 heavy (non-hydrogen) atoms. The lowest BCUT2D eigenvalue weighted by Crippen LogP contribution is -2.32. The summed E-state index contributed by atoms with van der Waals surface area (Å²) >= 11 is 0. The van der Waals surface area contributed by atoms with E-state index in [0.717, 1.165) is 24.6 Å². The molecule has 148 valence electrons. The molecule has 1 aliphatic rings. The zero-order valence-corrected chi connectivity index (χ0v) is 16.6. The SMILES string of the molecule is Cc1ccc(C(=O)NC(C)c2ccc(N3CCC(C)CC3)cc2)cc1[N+](=O)[O-]. The molecular formula is C22H27N3O3. The van der Waals surface area contributed by atoms with Crippen LogP contribution in [0.1, 0.15) is 54.2 Å². The van der Waals surface area contributed by atoms with Crippen molar-refractivity contribution in [3.05, 3.63) is 69.3 Å². The third-order valence-corrected chi connectivity index (χ3v) is 5.56. The Kier molecular flexibility index (Phi) is 5.97. The largest absolute Gasteiger partial charge is 0.372 e. The monoisotopic (exact) mass is 381 g/mol. The van der Waals surface area contributed by atoms with Gasteiger partial charge in [0.05, 0.1) is 11.0 Å². The van der Waals surface area contributed by atoms with Crippen molar-refractivity contribution in [3.63, 3.8) is 0 Å². The number of aryl methyl sites for hydroxylation is 1. The Bertz CT molecular complexity index is 856. The van der Waals surface area contributed by atoms with Crippen LogP contribution in [0.3, 0.4) is 0 Å². The van der Waals surface area contributed by atoms with Gasteiger partial charge < -0.3 is 10.2 Å². The number of anilines is 1. The van der Waals surface area contributed by atoms with Gasteiger partial charge in [0.15, 0.2) is 0 Å². The van der Waals surface area contributed by atoms with Gasteiger partial charge in [-0.2, -0.15) is 0 Å². The van der Waals surface area contributed by atoms with Crippen molar-refractivity contribution >= 4 is 17.3 Å². The van der Waals surface area contributed by atoms with E-state index in [1.54, 1.807) is 19.1 Å². The van der Waals surface area contributed by atoms with Crippen LogP contribution in [0.15, 0.2) is 42.5 Å². The molecule has 2 aromatic carbocycles. The van der Waals surface area contributed by atoms with E-state index in [-0.39, 0.29) is 17.6 Å². The Morgan fingerprint density at radius 3 is 2.43 bits per heavy atom. The number of hydrogen-bond donors (Lipinski definition) is 1. The van der Waals surface area contributed by atoms with E-state index in [1.165, 1.54) is 24.6 Å². The molecule has 2 aromatic rings. The fraction of sp³-hybridized carbons (Fsp3) is 0.409. The molecular weight excluding hydrogens is 354 g/mol. The van der Waals surface area contributed by atoms with Crippen LogP contribution in [0.5, 0.6) is 0 Å². The first-order valence-electron chi connectivity index (χ1n) is 9.76. The lowest BCUT2D eigenvalue weighted by Gasteiger charge is -2.32. The van der Waals surface area contributed by atoms with Gasteiger partial charge in [-0.1, -0.05) is 25.1 Å². The first-order chi connectivity index (χ1) is 13.3. The fourth-order valence-corrected chi connectivity index (χ4v) is 3.55. The number of nitro benzene ring substituents is 1. The molecule has 0 aromatic heterocycles. The number of nitrogens with one attached hydrogen (secondary N) is 1. The van der Waals surface area contributed by atoms with Crippen molar-refractivity contribution in [2.45, 2.75) is 39.7 Å². The molecule has 0 radical (unpaired) electrons. The quantitative estimate of drug-likeness (QED) is 0.605. The predicted molar refractivity (Wildman–Crippen MR) is 111 cm³/mol. The summed E-state index contributed by atoms with van der Waals surface area (Å²) in [5.41, 5.74) is 3.01. The highest BCUT2D eigenvalue weighted by Crippen LogP contribution is 2.25. The maximum Gasteiger partial charge on any atom is 0.273 e. The van der Waals surface area contributed by atoms with E-state index >= 15 is 0 Å². The fourth-order valence-electron chi connectivity index (χ4n) is 3.55. The number of benzene rings is 2. The van der Waals surface area contributed by atoms with Crippen LogP contribution in [0.25, 0.3) is 0 Å². The van der Waals surface area contributed by atoms with Gasteiger partial charge in [-0.05, 0) is 56.4 Å². The van der Waals surface area contributed by atoms with E-state index in [0.29, 0.717) is 11.1 Å². The van der Waals surface area contributed by atoms with Crippen molar-refractivity contribution in [3.8, 4) is 0 Å². The van der Waals surface area contributed by atoms with E-state index in [4.69, 9.17) is 0 Å². The van der Waals surface area contributed by atoms with Crippen LogP contribution in [0.4, 0.5) is 11.4 Å². The first-order valence-corrected chi connectivity index (χ1v) is 9.76. The number of nitro groups is 1. The summed E-state index contributed by atoms with van der Waals surface area (Å²) in [6, 6.07) is 12.6. The molecule has 1 amide bonds. The summed E-state index contributed by atoms with van der Waals surface area (Å²) in [5, 5.41) is 14.0. The minimum absolute atomic E-state index is 0.0412. The lowest BCUT2D eigenvalue weighted by atomic mass is 9.98. The third kappa shape index (κ3) is 4.50. The van der Waals surface area contributed by atoms with Crippen LogP contribution >= 0.6 is 0 Å². The predicted octanol–water partition coefficient (Wildman–Crippen LogP) is 4.63. The molecule has 0 saturated carbocycles. The number of hydrogen-bond acceptors (Lipinski definition) is 4. The number of nitrogens with zero attached hydrogens (tertiary/aromatic N) is 2. The zero-order chi connectivity index (χ0) is 20.3. The average molecular weight is 381 g/mol. The molecule has 6 heteroatoms. The molecule has 0 aliphatic carbocycles. The van der Waals surface area contributed by atoms with Crippen LogP contribution in [0, 0.1) is 23.0 Å². The minimum atomic E-state index is -0.463. The number of carbonyl (C=O) groups is 1. The Hall–Kier alpha value is -2.89. The molecule has 3 rings (SSSR count). The van der Waals surface area contributed by atoms with Crippen LogP contribution < -0.4 is 10.2 Å². The molecule has 0 spiro atoms. The van der Waals surface area contributed by atoms with E-state index < -0.39 is 4.92 Å². The van der Waals surface area contributed by atoms with Gasteiger partial charge in [0.2, 0.25) is 0 Å². The maximum absolute atomic E-state index is 12.5. The van der Waals surface area contributed by atoms with E-state index in [1.807, 2.05) is 19.1 Å². The Balaban J connectivity index is 1.66. The molecule has 1 unspecified atom stereocenters. The zero-order valence-electron chi connectivity index (χ0n) is 16.6. The summed E-state index contributed by atoms with van der Waals surface area (Å²) in [4.78, 5) is 25.5. The van der Waals surface area contributed by atoms with Crippen molar-refractivity contribution in [1.29, 1.82) is 0 Å². The molecule has 1 saturated heterocycles. The average Bonchev–Trinajstić information content (AvgIpc) is 2.68. The lowest BCUT2D eigenvalue weighted by molar-refractivity contribution is -0.385. The van der Waals surface area contributed by atoms with Crippen LogP contribution in [0.2, 0.25) is 0 Å². The Morgan fingerprint density at radius 1 is 1.18 bits per heavy atom. The normalized spacial score (nSPS) is 15.9. The number of amides is 1. The second kappa shape index (κ2) is 8.42. The molecule has 6 nitrogen and oxygen atoms in total. The molecule has 0 bridgehead atoms. The Labute approximate surface area is 165 Å². The van der Waals surface area contributed by atoms with Gasteiger partial charge in [-0.15, -0.1) is 0 Å². The molecule has 1 fully saturated rings.